The molecule has 3 heterocycles. The van der Waals surface area contributed by atoms with Crippen molar-refractivity contribution in [1.82, 2.24) is 15.1 Å². The average molecular weight is 503 g/mol. The lowest BCUT2D eigenvalue weighted by molar-refractivity contribution is -0.174. The monoisotopic (exact) mass is 502 g/mol. The van der Waals surface area contributed by atoms with E-state index < -0.39 is 22.3 Å². The zero-order valence-electron chi connectivity index (χ0n) is 20.9. The fourth-order valence-corrected chi connectivity index (χ4v) is 7.18. The maximum atomic E-state index is 14.1. The fraction of sp³-hybridized carbons (Fsp3) is 0.600. The highest BCUT2D eigenvalue weighted by Gasteiger charge is 2.71. The highest BCUT2D eigenvalue weighted by molar-refractivity contribution is 8.01. The van der Waals surface area contributed by atoms with Crippen LogP contribution in [0, 0.1) is 0 Å². The van der Waals surface area contributed by atoms with Gasteiger partial charge in [0.1, 0.15) is 18.4 Å². The molecule has 2 unspecified atom stereocenters. The normalized spacial score (nSPS) is 28.7. The molecule has 3 aliphatic heterocycles. The van der Waals surface area contributed by atoms with Gasteiger partial charge in [0, 0.05) is 12.1 Å². The minimum atomic E-state index is -1.35. The number of rotatable bonds is 10. The van der Waals surface area contributed by atoms with Gasteiger partial charge in [-0.15, -0.1) is 11.8 Å². The Bertz CT molecular complexity index is 1030. The first kappa shape index (κ1) is 25.5. The lowest BCUT2D eigenvalue weighted by Gasteiger charge is -2.48. The lowest BCUT2D eigenvalue weighted by atomic mass is 9.73. The molecule has 35 heavy (non-hydrogen) atoms. The third-order valence-corrected chi connectivity index (χ3v) is 8.86. The SMILES string of the molecule is CCN(CC)CCOC(=O)[C@@]1(c2ccccc2C2=NOC(C)C2NC=O)N2C(=O)C[C@H]2SC1(C)C. The molecule has 9 nitrogen and oxygen atoms in total. The van der Waals surface area contributed by atoms with Crippen LogP contribution in [0.25, 0.3) is 0 Å². The van der Waals surface area contributed by atoms with Crippen LogP contribution in [0.15, 0.2) is 29.4 Å². The van der Waals surface area contributed by atoms with Crippen LogP contribution in [0.1, 0.15) is 52.2 Å². The molecule has 0 spiro atoms. The third kappa shape index (κ3) is 4.00. The van der Waals surface area contributed by atoms with Crippen molar-refractivity contribution in [2.24, 2.45) is 5.16 Å². The van der Waals surface area contributed by atoms with Crippen LogP contribution in [0.2, 0.25) is 0 Å². The molecule has 2 saturated heterocycles. The number of ether oxygens (including phenoxy) is 1. The second-order valence-electron chi connectivity index (χ2n) is 9.52. The van der Waals surface area contributed by atoms with E-state index in [4.69, 9.17) is 9.57 Å². The predicted octanol–water partition coefficient (Wildman–Crippen LogP) is 2.09. The first-order chi connectivity index (χ1) is 16.7. The Kier molecular flexibility index (Phi) is 7.15. The topological polar surface area (TPSA) is 101 Å². The molecule has 3 aliphatic rings. The van der Waals surface area contributed by atoms with Gasteiger partial charge in [0.15, 0.2) is 11.6 Å². The number of likely N-dealkylation sites (N-methyl/N-ethyl adjacent to an activating group) is 1. The lowest BCUT2D eigenvalue weighted by Crippen LogP contribution is -2.65. The van der Waals surface area contributed by atoms with E-state index in [0.29, 0.717) is 36.2 Å². The molecule has 0 saturated carbocycles. The summed E-state index contributed by atoms with van der Waals surface area (Å²) in [5, 5.41) is 6.95. The minimum absolute atomic E-state index is 0.0795. The first-order valence-electron chi connectivity index (χ1n) is 12.2. The van der Waals surface area contributed by atoms with E-state index in [-0.39, 0.29) is 24.0 Å². The number of β-lactam (4-membered cyclic amide) rings is 1. The van der Waals surface area contributed by atoms with Crippen LogP contribution >= 0.6 is 11.8 Å². The van der Waals surface area contributed by atoms with E-state index >= 15 is 0 Å². The summed E-state index contributed by atoms with van der Waals surface area (Å²) in [5.41, 5.74) is 0.464. The molecule has 10 heteroatoms. The number of amides is 2. The minimum Gasteiger partial charge on any atom is -0.462 e. The average Bonchev–Trinajstić information content (AvgIpc) is 3.28. The molecule has 4 atom stereocenters. The predicted molar refractivity (Wildman–Crippen MR) is 134 cm³/mol. The molecule has 190 valence electrons. The summed E-state index contributed by atoms with van der Waals surface area (Å²) in [6.45, 7) is 12.5. The summed E-state index contributed by atoms with van der Waals surface area (Å²) < 4.78 is 5.26. The molecular weight excluding hydrogens is 468 g/mol. The fourth-order valence-electron chi connectivity index (χ4n) is 5.43. The van der Waals surface area contributed by atoms with Crippen molar-refractivity contribution in [2.45, 2.75) is 68.8 Å². The number of hydrogen-bond donors (Lipinski definition) is 1. The van der Waals surface area contributed by atoms with Gasteiger partial charge in [-0.05, 0) is 39.4 Å². The number of benzene rings is 1. The second kappa shape index (κ2) is 9.81. The largest absolute Gasteiger partial charge is 0.462 e. The van der Waals surface area contributed by atoms with E-state index in [2.05, 4.69) is 29.2 Å². The van der Waals surface area contributed by atoms with E-state index in [1.165, 1.54) is 0 Å². The number of nitrogens with zero attached hydrogens (tertiary/aromatic N) is 3. The van der Waals surface area contributed by atoms with Gasteiger partial charge in [0.2, 0.25) is 12.3 Å². The van der Waals surface area contributed by atoms with Crippen LogP contribution < -0.4 is 5.32 Å². The molecule has 0 aromatic heterocycles. The number of hydrogen-bond acceptors (Lipinski definition) is 8. The summed E-state index contributed by atoms with van der Waals surface area (Å²) in [7, 11) is 0. The number of carbonyl (C=O) groups is 3. The summed E-state index contributed by atoms with van der Waals surface area (Å²) in [6.07, 6.45) is 0.640. The Morgan fingerprint density at radius 1 is 1.34 bits per heavy atom. The molecule has 0 aliphatic carbocycles. The maximum Gasteiger partial charge on any atom is 0.338 e. The summed E-state index contributed by atoms with van der Waals surface area (Å²) in [5.74, 6) is -0.526. The molecule has 2 fully saturated rings. The van der Waals surface area contributed by atoms with Gasteiger partial charge in [-0.2, -0.15) is 0 Å². The number of carbonyl (C=O) groups excluding carboxylic acids is 3. The van der Waals surface area contributed by atoms with E-state index in [0.717, 1.165) is 13.1 Å². The van der Waals surface area contributed by atoms with Gasteiger partial charge in [0.25, 0.3) is 0 Å². The zero-order chi connectivity index (χ0) is 25.4. The standard InChI is InChI=1S/C25H34N4O5S/c1-6-28(7-2)12-13-33-23(32)25(24(4,5)35-20-14-19(31)29(20)25)18-11-9-8-10-17(18)22-21(26-15-30)16(3)34-27-22/h8-11,15-16,20-21H,6-7,12-14H2,1-5H3,(H,26,30)/t16?,20-,21?,25-/m1/s1. The van der Waals surface area contributed by atoms with Crippen molar-refractivity contribution in [3.05, 3.63) is 35.4 Å². The van der Waals surface area contributed by atoms with Gasteiger partial charge >= 0.3 is 5.97 Å². The first-order valence-corrected chi connectivity index (χ1v) is 13.0. The third-order valence-electron chi connectivity index (χ3n) is 7.32. The van der Waals surface area contributed by atoms with Crippen molar-refractivity contribution >= 4 is 35.8 Å². The van der Waals surface area contributed by atoms with Gasteiger partial charge in [-0.3, -0.25) is 9.59 Å². The number of fused-ring (bicyclic) bond motifs is 1. The van der Waals surface area contributed by atoms with Crippen LogP contribution in [-0.2, 0) is 29.5 Å². The molecular formula is C25H34N4O5S. The molecule has 1 aromatic rings. The van der Waals surface area contributed by atoms with Crippen molar-refractivity contribution < 1.29 is 24.0 Å². The maximum absolute atomic E-state index is 14.1. The Hall–Kier alpha value is -2.59. The molecule has 1 N–H and O–H groups in total. The summed E-state index contributed by atoms with van der Waals surface area (Å²) >= 11 is 1.61. The van der Waals surface area contributed by atoms with Gasteiger partial charge in [-0.1, -0.05) is 43.3 Å². The Balaban J connectivity index is 1.81. The molecule has 4 rings (SSSR count). The van der Waals surface area contributed by atoms with Gasteiger partial charge in [0.05, 0.1) is 16.5 Å². The van der Waals surface area contributed by atoms with Gasteiger partial charge < -0.3 is 24.7 Å². The smallest absolute Gasteiger partial charge is 0.338 e. The molecule has 0 radical (unpaired) electrons. The van der Waals surface area contributed by atoms with E-state index in [9.17, 15) is 14.4 Å². The Morgan fingerprint density at radius 3 is 2.71 bits per heavy atom. The molecule has 2 amide bonds. The summed E-state index contributed by atoms with van der Waals surface area (Å²) in [4.78, 5) is 47.8. The molecule has 0 bridgehead atoms. The van der Waals surface area contributed by atoms with Crippen LogP contribution in [0.4, 0.5) is 0 Å². The number of nitrogens with one attached hydrogen (secondary N) is 1. The highest BCUT2D eigenvalue weighted by Crippen LogP contribution is 2.62. The van der Waals surface area contributed by atoms with Crippen LogP contribution in [0.5, 0.6) is 0 Å². The molecule has 1 aromatic carbocycles. The van der Waals surface area contributed by atoms with E-state index in [1.54, 1.807) is 16.7 Å². The second-order valence-corrected chi connectivity index (χ2v) is 11.3. The van der Waals surface area contributed by atoms with Crippen molar-refractivity contribution in [1.29, 1.82) is 0 Å². The van der Waals surface area contributed by atoms with Crippen molar-refractivity contribution in [3.63, 3.8) is 0 Å². The van der Waals surface area contributed by atoms with Crippen LogP contribution in [-0.4, -0.2) is 82.3 Å². The Morgan fingerprint density at radius 2 is 2.06 bits per heavy atom. The summed E-state index contributed by atoms with van der Waals surface area (Å²) in [6, 6.07) is 6.94. The zero-order valence-corrected chi connectivity index (χ0v) is 21.8. The number of thioether (sulfide) groups is 1. The number of oxime groups is 1. The number of esters is 1. The Labute approximate surface area is 210 Å². The van der Waals surface area contributed by atoms with Crippen molar-refractivity contribution in [3.8, 4) is 0 Å². The highest BCUT2D eigenvalue weighted by atomic mass is 32.2. The van der Waals surface area contributed by atoms with Gasteiger partial charge in [-0.25, -0.2) is 4.79 Å². The van der Waals surface area contributed by atoms with E-state index in [1.807, 2.05) is 45.0 Å². The van der Waals surface area contributed by atoms with Crippen molar-refractivity contribution in [2.75, 3.05) is 26.2 Å². The quantitative estimate of drug-likeness (QED) is 0.297. The van der Waals surface area contributed by atoms with Crippen LogP contribution in [0.3, 0.4) is 0 Å².